The zero-order valence-corrected chi connectivity index (χ0v) is 12.4. The first-order valence-electron chi connectivity index (χ1n) is 6.80. The summed E-state index contributed by atoms with van der Waals surface area (Å²) >= 11 is 0. The van der Waals surface area contributed by atoms with Crippen LogP contribution in [0.4, 0.5) is 0 Å². The molecule has 0 spiro atoms. The number of hydrogen-bond donors (Lipinski definition) is 0. The largest absolute Gasteiger partial charge is 0.483 e. The van der Waals surface area contributed by atoms with Crippen molar-refractivity contribution in [1.29, 1.82) is 10.5 Å². The Morgan fingerprint density at radius 3 is 2.38 bits per heavy atom. The number of carbonyl (C=O) groups is 1. The number of ether oxygens (including phenoxy) is 1. The molecule has 1 aromatic rings. The Morgan fingerprint density at radius 1 is 1.19 bits per heavy atom. The van der Waals surface area contributed by atoms with Crippen LogP contribution in [0.25, 0.3) is 0 Å². The molecule has 1 amide bonds. The third-order valence-electron chi connectivity index (χ3n) is 3.03. The highest BCUT2D eigenvalue weighted by Gasteiger charge is 2.14. The summed E-state index contributed by atoms with van der Waals surface area (Å²) in [6.45, 7) is 4.45. The van der Waals surface area contributed by atoms with Crippen molar-refractivity contribution in [2.45, 2.75) is 26.7 Å². The van der Waals surface area contributed by atoms with Gasteiger partial charge in [0.15, 0.2) is 6.61 Å². The molecule has 0 fully saturated rings. The molecule has 0 unspecified atom stereocenters. The van der Waals surface area contributed by atoms with Crippen LogP contribution in [-0.2, 0) is 4.79 Å². The lowest BCUT2D eigenvalue weighted by Crippen LogP contribution is -2.36. The van der Waals surface area contributed by atoms with Gasteiger partial charge >= 0.3 is 0 Å². The van der Waals surface area contributed by atoms with Crippen LogP contribution in [0.2, 0.25) is 0 Å². The molecule has 5 heteroatoms. The van der Waals surface area contributed by atoms with Crippen LogP contribution in [0.15, 0.2) is 18.2 Å². The van der Waals surface area contributed by atoms with Gasteiger partial charge in [-0.1, -0.05) is 12.1 Å². The standard InChI is InChI=1S/C16H19N3O2/c1-13-5-6-14(2)15(11-13)21-12-16(20)19(9-3-7-17)10-4-8-18/h5-6,11H,3-4,9-10,12H2,1-2H3. The number of aryl methyl sites for hydroxylation is 2. The van der Waals surface area contributed by atoms with E-state index in [1.165, 1.54) is 4.90 Å². The Morgan fingerprint density at radius 2 is 1.81 bits per heavy atom. The maximum Gasteiger partial charge on any atom is 0.260 e. The Labute approximate surface area is 125 Å². The van der Waals surface area contributed by atoms with E-state index in [4.69, 9.17) is 15.3 Å². The Hall–Kier alpha value is -2.53. The molecule has 1 aromatic carbocycles. The molecule has 0 saturated heterocycles. The normalized spacial score (nSPS) is 9.52. The highest BCUT2D eigenvalue weighted by molar-refractivity contribution is 5.77. The molecule has 0 radical (unpaired) electrons. The fourth-order valence-corrected chi connectivity index (χ4v) is 1.82. The molecule has 0 aliphatic carbocycles. The molecule has 0 atom stereocenters. The third-order valence-corrected chi connectivity index (χ3v) is 3.03. The molecule has 0 N–H and O–H groups in total. The summed E-state index contributed by atoms with van der Waals surface area (Å²) in [6.07, 6.45) is 0.501. The monoisotopic (exact) mass is 285 g/mol. The van der Waals surface area contributed by atoms with Crippen LogP contribution in [0.1, 0.15) is 24.0 Å². The maximum atomic E-state index is 12.1. The van der Waals surface area contributed by atoms with Gasteiger partial charge in [0, 0.05) is 13.1 Å². The van der Waals surface area contributed by atoms with Gasteiger partial charge in [0.2, 0.25) is 0 Å². The van der Waals surface area contributed by atoms with E-state index < -0.39 is 0 Å². The lowest BCUT2D eigenvalue weighted by Gasteiger charge is -2.20. The van der Waals surface area contributed by atoms with Gasteiger partial charge in [-0.25, -0.2) is 0 Å². The van der Waals surface area contributed by atoms with Crippen molar-refractivity contribution in [3.8, 4) is 17.9 Å². The molecule has 5 nitrogen and oxygen atoms in total. The van der Waals surface area contributed by atoms with Crippen molar-refractivity contribution in [2.75, 3.05) is 19.7 Å². The minimum Gasteiger partial charge on any atom is -0.483 e. The predicted octanol–water partition coefficient (Wildman–Crippen LogP) is 2.34. The summed E-state index contributed by atoms with van der Waals surface area (Å²) in [4.78, 5) is 13.6. The van der Waals surface area contributed by atoms with Crippen molar-refractivity contribution in [2.24, 2.45) is 0 Å². The Balaban J connectivity index is 2.62. The Bertz CT molecular complexity index is 552. The van der Waals surface area contributed by atoms with E-state index in [0.29, 0.717) is 18.8 Å². The average Bonchev–Trinajstić information content (AvgIpc) is 2.48. The molecular weight excluding hydrogens is 266 g/mol. The minimum absolute atomic E-state index is 0.0822. The summed E-state index contributed by atoms with van der Waals surface area (Å²) in [6, 6.07) is 9.82. The van der Waals surface area contributed by atoms with Crippen molar-refractivity contribution in [3.05, 3.63) is 29.3 Å². The van der Waals surface area contributed by atoms with Crippen LogP contribution >= 0.6 is 0 Å². The van der Waals surface area contributed by atoms with Crippen LogP contribution in [0, 0.1) is 36.5 Å². The Kier molecular flexibility index (Phi) is 6.77. The number of benzene rings is 1. The van der Waals surface area contributed by atoms with Gasteiger partial charge in [-0.3, -0.25) is 4.79 Å². The van der Waals surface area contributed by atoms with E-state index in [2.05, 4.69) is 0 Å². The number of nitrogens with zero attached hydrogens (tertiary/aromatic N) is 3. The summed E-state index contributed by atoms with van der Waals surface area (Å²) in [5.74, 6) is 0.477. The van der Waals surface area contributed by atoms with Gasteiger partial charge in [0.25, 0.3) is 5.91 Å². The minimum atomic E-state index is -0.207. The molecule has 1 rings (SSSR count). The molecule has 0 aliphatic heterocycles. The van der Waals surface area contributed by atoms with Crippen LogP contribution < -0.4 is 4.74 Å². The molecule has 0 saturated carbocycles. The van der Waals surface area contributed by atoms with Crippen LogP contribution in [0.3, 0.4) is 0 Å². The molecule has 0 aliphatic rings. The number of nitriles is 2. The van der Waals surface area contributed by atoms with E-state index in [9.17, 15) is 4.79 Å². The molecule has 110 valence electrons. The van der Waals surface area contributed by atoms with Crippen molar-refractivity contribution >= 4 is 5.91 Å². The first-order valence-corrected chi connectivity index (χ1v) is 6.80. The van der Waals surface area contributed by atoms with E-state index >= 15 is 0 Å². The second kappa shape index (κ2) is 8.60. The van der Waals surface area contributed by atoms with Gasteiger partial charge in [-0.2, -0.15) is 10.5 Å². The van der Waals surface area contributed by atoms with Gasteiger partial charge in [0.05, 0.1) is 25.0 Å². The second-order valence-electron chi connectivity index (χ2n) is 4.75. The molecule has 0 bridgehead atoms. The number of hydrogen-bond acceptors (Lipinski definition) is 4. The zero-order chi connectivity index (χ0) is 15.7. The van der Waals surface area contributed by atoms with Gasteiger partial charge in [-0.15, -0.1) is 0 Å². The van der Waals surface area contributed by atoms with Crippen LogP contribution in [0.5, 0.6) is 5.75 Å². The topological polar surface area (TPSA) is 77.1 Å². The smallest absolute Gasteiger partial charge is 0.260 e. The second-order valence-corrected chi connectivity index (χ2v) is 4.75. The summed E-state index contributed by atoms with van der Waals surface area (Å²) in [7, 11) is 0. The first-order chi connectivity index (χ1) is 10.1. The number of rotatable bonds is 7. The highest BCUT2D eigenvalue weighted by Crippen LogP contribution is 2.19. The molecule has 21 heavy (non-hydrogen) atoms. The van der Waals surface area contributed by atoms with Gasteiger partial charge < -0.3 is 9.64 Å². The SMILES string of the molecule is Cc1ccc(C)c(OCC(=O)N(CCC#N)CCC#N)c1. The summed E-state index contributed by atoms with van der Waals surface area (Å²) < 4.78 is 5.56. The van der Waals surface area contributed by atoms with Crippen molar-refractivity contribution in [3.63, 3.8) is 0 Å². The molecule has 0 aromatic heterocycles. The van der Waals surface area contributed by atoms with Gasteiger partial charge in [0.1, 0.15) is 5.75 Å². The third kappa shape index (κ3) is 5.54. The lowest BCUT2D eigenvalue weighted by atomic mass is 10.1. The van der Waals surface area contributed by atoms with E-state index in [1.54, 1.807) is 0 Å². The van der Waals surface area contributed by atoms with Gasteiger partial charge in [-0.05, 0) is 31.0 Å². The summed E-state index contributed by atoms with van der Waals surface area (Å²) in [5, 5.41) is 17.2. The fourth-order valence-electron chi connectivity index (χ4n) is 1.82. The maximum absolute atomic E-state index is 12.1. The molecular formula is C16H19N3O2. The fraction of sp³-hybridized carbons (Fsp3) is 0.438. The van der Waals surface area contributed by atoms with Crippen LogP contribution in [-0.4, -0.2) is 30.5 Å². The van der Waals surface area contributed by atoms with E-state index in [-0.39, 0.29) is 25.4 Å². The zero-order valence-electron chi connectivity index (χ0n) is 12.4. The number of carbonyl (C=O) groups excluding carboxylic acids is 1. The average molecular weight is 285 g/mol. The summed E-state index contributed by atoms with van der Waals surface area (Å²) in [5.41, 5.74) is 2.03. The van der Waals surface area contributed by atoms with Crippen molar-refractivity contribution in [1.82, 2.24) is 4.90 Å². The number of amides is 1. The first kappa shape index (κ1) is 16.5. The van der Waals surface area contributed by atoms with E-state index in [0.717, 1.165) is 11.1 Å². The molecule has 0 heterocycles. The van der Waals surface area contributed by atoms with E-state index in [1.807, 2.05) is 44.2 Å². The van der Waals surface area contributed by atoms with Crippen molar-refractivity contribution < 1.29 is 9.53 Å². The quantitative estimate of drug-likeness (QED) is 0.770. The lowest BCUT2D eigenvalue weighted by molar-refractivity contribution is -0.133. The highest BCUT2D eigenvalue weighted by atomic mass is 16.5. The predicted molar refractivity (Wildman–Crippen MR) is 78.5 cm³/mol.